The number of hydrogen-bond donors (Lipinski definition) is 3. The molecule has 1 aromatic heterocycles. The van der Waals surface area contributed by atoms with E-state index in [-0.39, 0.29) is 23.7 Å². The largest absolute Gasteiger partial charge is 0.508 e. The van der Waals surface area contributed by atoms with Crippen LogP contribution < -0.4 is 16.6 Å². The van der Waals surface area contributed by atoms with Gasteiger partial charge in [0.05, 0.1) is 6.20 Å². The summed E-state index contributed by atoms with van der Waals surface area (Å²) >= 11 is 0. The summed E-state index contributed by atoms with van der Waals surface area (Å²) in [5.74, 6) is -3.17. The number of rotatable bonds is 7. The molecule has 3 aromatic rings. The highest BCUT2D eigenvalue weighted by Gasteiger charge is 2.43. The molecule has 1 atom stereocenters. The fraction of sp³-hybridized carbons (Fsp3) is 0.182. The number of nitrogens with one attached hydrogen (secondary N) is 1. The van der Waals surface area contributed by atoms with Crippen molar-refractivity contribution in [2.75, 3.05) is 5.73 Å². The van der Waals surface area contributed by atoms with Crippen molar-refractivity contribution in [3.05, 3.63) is 76.7 Å². The third-order valence-electron chi connectivity index (χ3n) is 4.71. The standard InChI is InChI=1S/C22H19F3N4O4/c23-22(24,25)19(32)17(10-13-4-2-1-3-5-13)28-18(31)12-29-20(27-11-16(26)21(29)33)14-6-8-15(30)9-7-14/h1-9,11,17,30H,10,12,26H2,(H,28,31). The van der Waals surface area contributed by atoms with Gasteiger partial charge in [0.1, 0.15) is 29.8 Å². The van der Waals surface area contributed by atoms with Crippen LogP contribution in [0.2, 0.25) is 0 Å². The third-order valence-corrected chi connectivity index (χ3v) is 4.71. The Kier molecular flexibility index (Phi) is 6.80. The fourth-order valence-corrected chi connectivity index (χ4v) is 3.14. The molecule has 0 aliphatic carbocycles. The van der Waals surface area contributed by atoms with E-state index in [4.69, 9.17) is 5.73 Å². The molecule has 172 valence electrons. The van der Waals surface area contributed by atoms with Crippen LogP contribution in [0.3, 0.4) is 0 Å². The number of Topliss-reactive ketones (excluding diaryl/α,β-unsaturated/α-hetero) is 1. The molecule has 11 heteroatoms. The quantitative estimate of drug-likeness (QED) is 0.495. The normalized spacial score (nSPS) is 12.2. The minimum atomic E-state index is -5.17. The van der Waals surface area contributed by atoms with Crippen molar-refractivity contribution in [2.24, 2.45) is 0 Å². The van der Waals surface area contributed by atoms with Gasteiger partial charge in [0.15, 0.2) is 0 Å². The molecule has 0 fully saturated rings. The van der Waals surface area contributed by atoms with Gasteiger partial charge in [-0.05, 0) is 29.8 Å². The molecule has 0 aliphatic heterocycles. The number of phenolic OH excluding ortho intramolecular Hbond substituents is 1. The SMILES string of the molecule is Nc1cnc(-c2ccc(O)cc2)n(CC(=O)NC(Cc2ccccc2)C(=O)C(F)(F)F)c1=O. The van der Waals surface area contributed by atoms with Gasteiger partial charge in [-0.3, -0.25) is 19.0 Å². The number of nitrogens with zero attached hydrogens (tertiary/aromatic N) is 2. The molecular formula is C22H19F3N4O4. The van der Waals surface area contributed by atoms with Crippen LogP contribution in [-0.4, -0.2) is 38.6 Å². The minimum absolute atomic E-state index is 0.00565. The lowest BCUT2D eigenvalue weighted by Gasteiger charge is -2.20. The molecule has 0 saturated carbocycles. The van der Waals surface area contributed by atoms with Crippen molar-refractivity contribution in [1.29, 1.82) is 0 Å². The number of amides is 1. The Bertz CT molecular complexity index is 1210. The summed E-state index contributed by atoms with van der Waals surface area (Å²) in [6.45, 7) is -0.733. The van der Waals surface area contributed by atoms with Crippen LogP contribution in [0.4, 0.5) is 18.9 Å². The van der Waals surface area contributed by atoms with Gasteiger partial charge in [0, 0.05) is 12.0 Å². The van der Waals surface area contributed by atoms with Gasteiger partial charge in [-0.15, -0.1) is 0 Å². The van der Waals surface area contributed by atoms with Gasteiger partial charge < -0.3 is 16.2 Å². The second-order valence-electron chi connectivity index (χ2n) is 7.15. The summed E-state index contributed by atoms with van der Waals surface area (Å²) in [6, 6.07) is 11.5. The molecule has 0 spiro atoms. The second kappa shape index (κ2) is 9.55. The monoisotopic (exact) mass is 460 g/mol. The topological polar surface area (TPSA) is 127 Å². The van der Waals surface area contributed by atoms with Crippen molar-refractivity contribution in [1.82, 2.24) is 14.9 Å². The number of anilines is 1. The number of phenols is 1. The Morgan fingerprint density at radius 3 is 2.33 bits per heavy atom. The maximum absolute atomic E-state index is 13.1. The molecule has 8 nitrogen and oxygen atoms in total. The zero-order chi connectivity index (χ0) is 24.2. The van der Waals surface area contributed by atoms with Crippen molar-refractivity contribution >= 4 is 17.4 Å². The van der Waals surface area contributed by atoms with Gasteiger partial charge in [0.2, 0.25) is 5.91 Å². The molecule has 1 heterocycles. The van der Waals surface area contributed by atoms with Gasteiger partial charge in [-0.2, -0.15) is 13.2 Å². The van der Waals surface area contributed by atoms with Crippen LogP contribution in [-0.2, 0) is 22.6 Å². The first kappa shape index (κ1) is 23.5. The van der Waals surface area contributed by atoms with E-state index in [1.165, 1.54) is 36.4 Å². The molecular weight excluding hydrogens is 441 g/mol. The number of alkyl halides is 3. The summed E-state index contributed by atoms with van der Waals surface area (Å²) in [5.41, 5.74) is 5.30. The maximum Gasteiger partial charge on any atom is 0.452 e. The maximum atomic E-state index is 13.1. The highest BCUT2D eigenvalue weighted by atomic mass is 19.4. The molecule has 3 rings (SSSR count). The lowest BCUT2D eigenvalue weighted by atomic mass is 10.0. The molecule has 2 aromatic carbocycles. The first-order chi connectivity index (χ1) is 15.6. The Labute approximate surface area is 185 Å². The predicted molar refractivity (Wildman–Crippen MR) is 113 cm³/mol. The van der Waals surface area contributed by atoms with Gasteiger partial charge in [0.25, 0.3) is 11.3 Å². The number of aromatic hydroxyl groups is 1. The number of halogens is 3. The molecule has 4 N–H and O–H groups in total. The van der Waals surface area contributed by atoms with Crippen LogP contribution in [0.25, 0.3) is 11.4 Å². The third kappa shape index (κ3) is 5.76. The number of aromatic nitrogens is 2. The smallest absolute Gasteiger partial charge is 0.452 e. The number of benzene rings is 2. The minimum Gasteiger partial charge on any atom is -0.508 e. The molecule has 0 aliphatic rings. The van der Waals surface area contributed by atoms with Gasteiger partial charge in [-0.1, -0.05) is 30.3 Å². The van der Waals surface area contributed by atoms with Crippen molar-refractivity contribution in [3.63, 3.8) is 0 Å². The lowest BCUT2D eigenvalue weighted by molar-refractivity contribution is -0.173. The zero-order valence-electron chi connectivity index (χ0n) is 17.0. The van der Waals surface area contributed by atoms with Crippen molar-refractivity contribution in [2.45, 2.75) is 25.2 Å². The van der Waals surface area contributed by atoms with E-state index in [1.807, 2.05) is 0 Å². The Balaban J connectivity index is 1.90. The van der Waals surface area contributed by atoms with Crippen molar-refractivity contribution < 1.29 is 27.9 Å². The lowest BCUT2D eigenvalue weighted by Crippen LogP contribution is -2.49. The number of carbonyl (C=O) groups excluding carboxylic acids is 2. The van der Waals surface area contributed by atoms with E-state index in [1.54, 1.807) is 18.2 Å². The van der Waals surface area contributed by atoms with E-state index in [0.29, 0.717) is 11.1 Å². The number of nitrogens with two attached hydrogens (primary N) is 1. The summed E-state index contributed by atoms with van der Waals surface area (Å²) in [5, 5.41) is 11.5. The molecule has 0 bridgehead atoms. The van der Waals surface area contributed by atoms with E-state index < -0.39 is 36.0 Å². The van der Waals surface area contributed by atoms with Crippen LogP contribution >= 0.6 is 0 Å². The van der Waals surface area contributed by atoms with Crippen LogP contribution in [0.1, 0.15) is 5.56 Å². The van der Waals surface area contributed by atoms with E-state index >= 15 is 0 Å². The first-order valence-corrected chi connectivity index (χ1v) is 9.65. The molecule has 0 radical (unpaired) electrons. The highest BCUT2D eigenvalue weighted by Crippen LogP contribution is 2.21. The van der Waals surface area contributed by atoms with Crippen molar-refractivity contribution in [3.8, 4) is 17.1 Å². The zero-order valence-corrected chi connectivity index (χ0v) is 17.0. The fourth-order valence-electron chi connectivity index (χ4n) is 3.14. The Morgan fingerprint density at radius 2 is 1.73 bits per heavy atom. The average molecular weight is 460 g/mol. The van der Waals surface area contributed by atoms with Gasteiger partial charge in [-0.25, -0.2) is 4.98 Å². The van der Waals surface area contributed by atoms with E-state index in [9.17, 15) is 32.7 Å². The first-order valence-electron chi connectivity index (χ1n) is 9.65. The molecule has 1 unspecified atom stereocenters. The van der Waals surface area contributed by atoms with E-state index in [2.05, 4.69) is 10.3 Å². The summed E-state index contributed by atoms with van der Waals surface area (Å²) in [7, 11) is 0. The highest BCUT2D eigenvalue weighted by molar-refractivity contribution is 5.93. The summed E-state index contributed by atoms with van der Waals surface area (Å²) in [4.78, 5) is 41.2. The predicted octanol–water partition coefficient (Wildman–Crippen LogP) is 2.06. The van der Waals surface area contributed by atoms with Crippen LogP contribution in [0.5, 0.6) is 5.75 Å². The Morgan fingerprint density at radius 1 is 1.09 bits per heavy atom. The molecule has 0 saturated heterocycles. The van der Waals surface area contributed by atoms with Gasteiger partial charge >= 0.3 is 6.18 Å². The number of hydrogen-bond acceptors (Lipinski definition) is 6. The second-order valence-corrected chi connectivity index (χ2v) is 7.15. The number of carbonyl (C=O) groups is 2. The average Bonchev–Trinajstić information content (AvgIpc) is 2.77. The molecule has 33 heavy (non-hydrogen) atoms. The summed E-state index contributed by atoms with van der Waals surface area (Å²) < 4.78 is 40.2. The number of nitrogen functional groups attached to an aromatic ring is 1. The molecule has 1 amide bonds. The number of ketones is 1. The summed E-state index contributed by atoms with van der Waals surface area (Å²) in [6.07, 6.45) is -4.47. The van der Waals surface area contributed by atoms with Crippen LogP contribution in [0, 0.1) is 0 Å². The van der Waals surface area contributed by atoms with Crippen LogP contribution in [0.15, 0.2) is 65.6 Å². The van der Waals surface area contributed by atoms with E-state index in [0.717, 1.165) is 10.8 Å². The Hall–Kier alpha value is -4.15.